The van der Waals surface area contributed by atoms with Gasteiger partial charge < -0.3 is 11.1 Å². The zero-order valence-electron chi connectivity index (χ0n) is 14.2. The highest BCUT2D eigenvalue weighted by Gasteiger charge is 2.17. The molecule has 23 heavy (non-hydrogen) atoms. The monoisotopic (exact) mass is 315 g/mol. The summed E-state index contributed by atoms with van der Waals surface area (Å²) in [5.74, 6) is 0.967. The topological polar surface area (TPSA) is 85.8 Å². The molecule has 0 bridgehead atoms. The van der Waals surface area contributed by atoms with E-state index in [9.17, 15) is 4.79 Å². The van der Waals surface area contributed by atoms with E-state index in [2.05, 4.69) is 35.3 Å². The Bertz CT molecular complexity index is 675. The van der Waals surface area contributed by atoms with Crippen molar-refractivity contribution in [2.24, 2.45) is 5.73 Å². The molecule has 1 aromatic carbocycles. The summed E-state index contributed by atoms with van der Waals surface area (Å²) in [6.45, 7) is 8.54. The van der Waals surface area contributed by atoms with Gasteiger partial charge in [0.05, 0.1) is 5.69 Å². The molecule has 2 rings (SSSR count). The van der Waals surface area contributed by atoms with Crippen LogP contribution in [0, 0.1) is 6.92 Å². The molecule has 1 atom stereocenters. The molecule has 1 aromatic heterocycles. The van der Waals surface area contributed by atoms with Gasteiger partial charge in [-0.2, -0.15) is 0 Å². The van der Waals surface area contributed by atoms with Crippen LogP contribution in [0.25, 0.3) is 5.69 Å². The number of hydrogen-bond donors (Lipinski definition) is 2. The van der Waals surface area contributed by atoms with Crippen LogP contribution in [0.3, 0.4) is 0 Å². The van der Waals surface area contributed by atoms with E-state index in [4.69, 9.17) is 5.73 Å². The van der Waals surface area contributed by atoms with Crippen molar-refractivity contribution in [2.75, 3.05) is 6.54 Å². The lowest BCUT2D eigenvalue weighted by atomic mass is 10.0. The number of amides is 1. The molecule has 0 saturated heterocycles. The van der Waals surface area contributed by atoms with Crippen molar-refractivity contribution < 1.29 is 4.79 Å². The maximum atomic E-state index is 12.2. The van der Waals surface area contributed by atoms with Crippen LogP contribution >= 0.6 is 0 Å². The Labute approximate surface area is 137 Å². The highest BCUT2D eigenvalue weighted by atomic mass is 16.2. The number of nitrogens with two attached hydrogens (primary N) is 1. The molecular weight excluding hydrogens is 290 g/mol. The number of aryl methyl sites for hydroxylation is 1. The number of carbonyl (C=O) groups is 1. The first-order valence-electron chi connectivity index (χ1n) is 7.97. The number of nitrogens with zero attached hydrogens (tertiary/aromatic N) is 3. The molecule has 1 amide bonds. The molecule has 2 aromatic rings. The summed E-state index contributed by atoms with van der Waals surface area (Å²) in [4.78, 5) is 16.4. The third kappa shape index (κ3) is 4.16. The number of nitrogens with one attached hydrogen (secondary N) is 1. The minimum absolute atomic E-state index is 0.0560. The van der Waals surface area contributed by atoms with Crippen molar-refractivity contribution in [3.63, 3.8) is 0 Å². The maximum Gasteiger partial charge on any atom is 0.290 e. The van der Waals surface area contributed by atoms with Crippen LogP contribution in [0.5, 0.6) is 0 Å². The summed E-state index contributed by atoms with van der Waals surface area (Å²) < 4.78 is 1.73. The summed E-state index contributed by atoms with van der Waals surface area (Å²) in [7, 11) is 0. The van der Waals surface area contributed by atoms with Gasteiger partial charge in [-0.3, -0.25) is 4.79 Å². The van der Waals surface area contributed by atoms with Crippen molar-refractivity contribution in [1.29, 1.82) is 0 Å². The molecule has 0 spiro atoms. The Hall–Kier alpha value is -2.21. The number of aromatic nitrogens is 3. The average Bonchev–Trinajstić information content (AvgIpc) is 2.88. The van der Waals surface area contributed by atoms with Crippen molar-refractivity contribution in [2.45, 2.75) is 46.1 Å². The van der Waals surface area contributed by atoms with Crippen LogP contribution in [-0.4, -0.2) is 33.3 Å². The quantitative estimate of drug-likeness (QED) is 0.855. The Morgan fingerprint density at radius 1 is 1.30 bits per heavy atom. The number of carbonyl (C=O) groups excluding carboxylic acids is 1. The summed E-state index contributed by atoms with van der Waals surface area (Å²) >= 11 is 0. The van der Waals surface area contributed by atoms with Gasteiger partial charge in [0, 0.05) is 12.6 Å². The highest BCUT2D eigenvalue weighted by Crippen LogP contribution is 2.23. The standard InChI is InChI=1S/C17H25N5O/c1-11(2)14-7-5-6-8-15(14)22-13(4)20-16(21-22)17(23)19-10-9-12(3)18/h5-8,11-12H,9-10,18H2,1-4H3,(H,19,23). The van der Waals surface area contributed by atoms with Crippen molar-refractivity contribution in [3.05, 3.63) is 41.5 Å². The lowest BCUT2D eigenvalue weighted by Crippen LogP contribution is -2.29. The second-order valence-corrected chi connectivity index (χ2v) is 6.13. The van der Waals surface area contributed by atoms with Gasteiger partial charge in [-0.15, -0.1) is 5.10 Å². The van der Waals surface area contributed by atoms with E-state index in [-0.39, 0.29) is 17.8 Å². The van der Waals surface area contributed by atoms with E-state index in [0.717, 1.165) is 12.1 Å². The fourth-order valence-corrected chi connectivity index (χ4v) is 2.38. The lowest BCUT2D eigenvalue weighted by molar-refractivity contribution is 0.0942. The Kier molecular flexibility index (Phi) is 5.50. The van der Waals surface area contributed by atoms with Crippen molar-refractivity contribution in [3.8, 4) is 5.69 Å². The molecular formula is C17H25N5O. The van der Waals surface area contributed by atoms with Gasteiger partial charge >= 0.3 is 0 Å². The minimum atomic E-state index is -0.269. The average molecular weight is 315 g/mol. The molecule has 1 heterocycles. The molecule has 0 saturated carbocycles. The molecule has 3 N–H and O–H groups in total. The minimum Gasteiger partial charge on any atom is -0.349 e. The smallest absolute Gasteiger partial charge is 0.290 e. The van der Waals surface area contributed by atoms with Crippen molar-refractivity contribution in [1.82, 2.24) is 20.1 Å². The number of hydrogen-bond acceptors (Lipinski definition) is 4. The summed E-state index contributed by atoms with van der Waals surface area (Å²) in [6.07, 6.45) is 0.724. The van der Waals surface area contributed by atoms with E-state index in [1.165, 1.54) is 5.56 Å². The molecule has 124 valence electrons. The third-order valence-corrected chi connectivity index (χ3v) is 3.64. The first-order chi connectivity index (χ1) is 10.9. The van der Waals surface area contributed by atoms with Crippen LogP contribution in [0.2, 0.25) is 0 Å². The van der Waals surface area contributed by atoms with Crippen LogP contribution in [0.15, 0.2) is 24.3 Å². The molecule has 0 aliphatic heterocycles. The Morgan fingerprint density at radius 2 is 2.00 bits per heavy atom. The zero-order valence-corrected chi connectivity index (χ0v) is 14.2. The predicted molar refractivity (Wildman–Crippen MR) is 90.8 cm³/mol. The zero-order chi connectivity index (χ0) is 17.0. The van der Waals surface area contributed by atoms with Crippen molar-refractivity contribution >= 4 is 5.91 Å². The molecule has 6 nitrogen and oxygen atoms in total. The number of benzene rings is 1. The van der Waals surface area contributed by atoms with Crippen LogP contribution in [-0.2, 0) is 0 Å². The molecule has 0 aliphatic carbocycles. The second kappa shape index (κ2) is 7.37. The van der Waals surface area contributed by atoms with Gasteiger partial charge in [0.1, 0.15) is 5.82 Å². The molecule has 0 fully saturated rings. The second-order valence-electron chi connectivity index (χ2n) is 6.13. The van der Waals surface area contributed by atoms with Gasteiger partial charge in [-0.1, -0.05) is 32.0 Å². The van der Waals surface area contributed by atoms with E-state index >= 15 is 0 Å². The maximum absolute atomic E-state index is 12.2. The number of rotatable bonds is 6. The summed E-state index contributed by atoms with van der Waals surface area (Å²) in [5, 5.41) is 7.19. The number of para-hydroxylation sites is 1. The van der Waals surface area contributed by atoms with Crippen LogP contribution in [0.4, 0.5) is 0 Å². The SMILES string of the molecule is Cc1nc(C(=O)NCCC(C)N)nn1-c1ccccc1C(C)C. The molecule has 1 unspecified atom stereocenters. The van der Waals surface area contributed by atoms with Gasteiger partial charge in [0.25, 0.3) is 5.91 Å². The third-order valence-electron chi connectivity index (χ3n) is 3.64. The largest absolute Gasteiger partial charge is 0.349 e. The normalized spacial score (nSPS) is 12.4. The van der Waals surface area contributed by atoms with Crippen LogP contribution in [0.1, 0.15) is 55.1 Å². The molecule has 0 radical (unpaired) electrons. The van der Waals surface area contributed by atoms with E-state index in [0.29, 0.717) is 18.3 Å². The molecule has 6 heteroatoms. The fourth-order valence-electron chi connectivity index (χ4n) is 2.38. The predicted octanol–water partition coefficient (Wildman–Crippen LogP) is 2.17. The van der Waals surface area contributed by atoms with Gasteiger partial charge in [-0.25, -0.2) is 9.67 Å². The highest BCUT2D eigenvalue weighted by molar-refractivity contribution is 5.90. The van der Waals surface area contributed by atoms with Gasteiger partial charge in [0.15, 0.2) is 0 Å². The molecule has 0 aliphatic rings. The summed E-state index contributed by atoms with van der Waals surface area (Å²) in [5.41, 5.74) is 7.81. The Morgan fingerprint density at radius 3 is 2.65 bits per heavy atom. The van der Waals surface area contributed by atoms with E-state index in [1.807, 2.05) is 32.0 Å². The Balaban J connectivity index is 2.23. The lowest BCUT2D eigenvalue weighted by Gasteiger charge is -2.12. The van der Waals surface area contributed by atoms with Crippen LogP contribution < -0.4 is 11.1 Å². The van der Waals surface area contributed by atoms with E-state index < -0.39 is 0 Å². The van der Waals surface area contributed by atoms with E-state index in [1.54, 1.807) is 4.68 Å². The van der Waals surface area contributed by atoms with Gasteiger partial charge in [0.2, 0.25) is 5.82 Å². The summed E-state index contributed by atoms with van der Waals surface area (Å²) in [6, 6.07) is 8.09. The first kappa shape index (κ1) is 17.1. The first-order valence-corrected chi connectivity index (χ1v) is 7.97. The fraction of sp³-hybridized carbons (Fsp3) is 0.471. The van der Waals surface area contributed by atoms with Gasteiger partial charge in [-0.05, 0) is 37.8 Å².